The summed E-state index contributed by atoms with van der Waals surface area (Å²) in [5.41, 5.74) is 2.43. The summed E-state index contributed by atoms with van der Waals surface area (Å²) in [5.74, 6) is -1.06. The zero-order valence-corrected chi connectivity index (χ0v) is 18.8. The molecule has 1 aliphatic heterocycles. The van der Waals surface area contributed by atoms with Crippen molar-refractivity contribution in [3.8, 4) is 0 Å². The van der Waals surface area contributed by atoms with E-state index in [2.05, 4.69) is 11.9 Å². The van der Waals surface area contributed by atoms with E-state index in [1.807, 2.05) is 48.6 Å². The molecule has 6 nitrogen and oxygen atoms in total. The van der Waals surface area contributed by atoms with Crippen molar-refractivity contribution in [2.75, 3.05) is 18.5 Å². The molecule has 2 aliphatic rings. The van der Waals surface area contributed by atoms with Gasteiger partial charge in [-0.15, -0.1) is 0 Å². The van der Waals surface area contributed by atoms with Crippen LogP contribution >= 0.6 is 0 Å². The molecule has 172 valence electrons. The Morgan fingerprint density at radius 1 is 0.941 bits per heavy atom. The average molecular weight is 455 g/mol. The van der Waals surface area contributed by atoms with Crippen LogP contribution in [-0.4, -0.2) is 35.8 Å². The van der Waals surface area contributed by atoms with Crippen molar-refractivity contribution in [2.45, 2.75) is 19.3 Å². The first-order valence-corrected chi connectivity index (χ1v) is 11.3. The lowest BCUT2D eigenvalue weighted by molar-refractivity contribution is -0.137. The van der Waals surface area contributed by atoms with Gasteiger partial charge in [0.2, 0.25) is 0 Å². The van der Waals surface area contributed by atoms with Gasteiger partial charge in [0, 0.05) is 40.2 Å². The normalized spacial score (nSPS) is 14.6. The molecule has 2 aromatic carbocycles. The fraction of sp³-hybridized carbons (Fsp3) is 0.179. The lowest BCUT2D eigenvalue weighted by atomic mass is 9.92. The summed E-state index contributed by atoms with van der Waals surface area (Å²) >= 11 is 0. The van der Waals surface area contributed by atoms with Crippen LogP contribution in [0.1, 0.15) is 40.0 Å². The average Bonchev–Trinajstić information content (AvgIpc) is 2.83. The van der Waals surface area contributed by atoms with Crippen LogP contribution in [0.4, 0.5) is 5.69 Å². The largest absolute Gasteiger partial charge is 0.463 e. The van der Waals surface area contributed by atoms with E-state index in [-0.39, 0.29) is 11.8 Å². The molecule has 1 heterocycles. The standard InChI is InChI=1S/C28H26N2O4/c1-2-25(31)34-19-10-6-9-18-29-24-17-16-23-26-21(24)14-11-15-22(26)27(32)30(28(23)33)20-12-7-4-3-5-8-13-20/h2-5,7-8,11-17,29H,1,6,9-10,18-19H2. The molecule has 0 spiro atoms. The molecule has 2 aromatic rings. The minimum Gasteiger partial charge on any atom is -0.463 e. The molecular weight excluding hydrogens is 428 g/mol. The summed E-state index contributed by atoms with van der Waals surface area (Å²) in [5, 5.41) is 4.95. The summed E-state index contributed by atoms with van der Waals surface area (Å²) in [7, 11) is 0. The van der Waals surface area contributed by atoms with Crippen LogP contribution in [0.2, 0.25) is 0 Å². The first kappa shape index (κ1) is 23.0. The highest BCUT2D eigenvalue weighted by Gasteiger charge is 2.34. The van der Waals surface area contributed by atoms with Crippen molar-refractivity contribution in [1.29, 1.82) is 0 Å². The molecule has 0 unspecified atom stereocenters. The van der Waals surface area contributed by atoms with Crippen molar-refractivity contribution in [1.82, 2.24) is 4.90 Å². The van der Waals surface area contributed by atoms with E-state index in [0.717, 1.165) is 43.0 Å². The van der Waals surface area contributed by atoms with Gasteiger partial charge in [0.1, 0.15) is 0 Å². The highest BCUT2D eigenvalue weighted by molar-refractivity contribution is 6.27. The molecule has 6 heteroatoms. The fourth-order valence-corrected chi connectivity index (χ4v) is 4.05. The molecule has 0 atom stereocenters. The number of carbonyl (C=O) groups excluding carboxylic acids is 3. The van der Waals surface area contributed by atoms with E-state index in [9.17, 15) is 14.4 Å². The van der Waals surface area contributed by atoms with Crippen LogP contribution in [-0.2, 0) is 9.53 Å². The van der Waals surface area contributed by atoms with Gasteiger partial charge in [-0.2, -0.15) is 0 Å². The van der Waals surface area contributed by atoms with Crippen molar-refractivity contribution in [3.63, 3.8) is 0 Å². The Hall–Kier alpha value is -4.19. The van der Waals surface area contributed by atoms with Crippen LogP contribution in [0.3, 0.4) is 0 Å². The molecule has 0 saturated heterocycles. The summed E-state index contributed by atoms with van der Waals surface area (Å²) in [4.78, 5) is 39.1. The minimum atomic E-state index is -0.403. The number of rotatable bonds is 9. The highest BCUT2D eigenvalue weighted by Crippen LogP contribution is 2.36. The van der Waals surface area contributed by atoms with Crippen LogP contribution < -0.4 is 5.32 Å². The number of hydrogen-bond donors (Lipinski definition) is 1. The van der Waals surface area contributed by atoms with Crippen LogP contribution in [0.25, 0.3) is 10.8 Å². The molecular formula is C28H26N2O4. The second-order valence-corrected chi connectivity index (χ2v) is 7.91. The van der Waals surface area contributed by atoms with Crippen LogP contribution in [0, 0.1) is 0 Å². The number of carbonyl (C=O) groups is 3. The van der Waals surface area contributed by atoms with Gasteiger partial charge in [0.25, 0.3) is 11.8 Å². The highest BCUT2D eigenvalue weighted by atomic mass is 16.5. The number of allylic oxidation sites excluding steroid dienone is 7. The maximum atomic E-state index is 13.4. The van der Waals surface area contributed by atoms with Crippen LogP contribution in [0.5, 0.6) is 0 Å². The van der Waals surface area contributed by atoms with Gasteiger partial charge in [-0.3, -0.25) is 9.59 Å². The predicted molar refractivity (Wildman–Crippen MR) is 133 cm³/mol. The van der Waals surface area contributed by atoms with E-state index < -0.39 is 5.97 Å². The number of imide groups is 1. The summed E-state index contributed by atoms with van der Waals surface area (Å²) in [6, 6.07) is 9.22. The molecule has 0 fully saturated rings. The number of anilines is 1. The smallest absolute Gasteiger partial charge is 0.330 e. The summed E-state index contributed by atoms with van der Waals surface area (Å²) in [6.07, 6.45) is 16.4. The lowest BCUT2D eigenvalue weighted by Crippen LogP contribution is -2.39. The molecule has 2 amide bonds. The monoisotopic (exact) mass is 454 g/mol. The third-order valence-corrected chi connectivity index (χ3v) is 5.69. The zero-order valence-electron chi connectivity index (χ0n) is 18.8. The van der Waals surface area contributed by atoms with Crippen LogP contribution in [0.15, 0.2) is 91.2 Å². The summed E-state index contributed by atoms with van der Waals surface area (Å²) < 4.78 is 4.98. The molecule has 0 saturated carbocycles. The molecule has 0 radical (unpaired) electrons. The number of amides is 2. The Labute approximate surface area is 198 Å². The van der Waals surface area contributed by atoms with Crippen molar-refractivity contribution in [2.24, 2.45) is 0 Å². The zero-order chi connectivity index (χ0) is 23.9. The Kier molecular flexibility index (Phi) is 7.18. The number of nitrogens with one attached hydrogen (secondary N) is 1. The molecule has 0 bridgehead atoms. The van der Waals surface area contributed by atoms with E-state index in [1.54, 1.807) is 24.3 Å². The quantitative estimate of drug-likeness (QED) is 0.240. The first-order chi connectivity index (χ1) is 16.6. The Morgan fingerprint density at radius 3 is 2.53 bits per heavy atom. The van der Waals surface area contributed by atoms with Crippen molar-refractivity contribution >= 4 is 34.2 Å². The number of nitrogens with zero attached hydrogens (tertiary/aromatic N) is 1. The summed E-state index contributed by atoms with van der Waals surface area (Å²) in [6.45, 7) is 4.48. The van der Waals surface area contributed by atoms with E-state index in [4.69, 9.17) is 4.74 Å². The third-order valence-electron chi connectivity index (χ3n) is 5.69. The topological polar surface area (TPSA) is 75.7 Å². The SMILES string of the molecule is C=CC(=O)OCCCCCNc1ccc2c3c(cccc13)C(=O)N(C1=CC=CC=CC=C1)C2=O. The Bertz CT molecular complexity index is 1240. The molecule has 4 rings (SSSR count). The molecule has 1 aliphatic carbocycles. The number of esters is 1. The fourth-order valence-electron chi connectivity index (χ4n) is 4.05. The maximum Gasteiger partial charge on any atom is 0.330 e. The predicted octanol–water partition coefficient (Wildman–Crippen LogP) is 5.31. The number of ether oxygens (including phenoxy) is 1. The Balaban J connectivity index is 1.51. The van der Waals surface area contributed by atoms with Crippen molar-refractivity contribution in [3.05, 3.63) is 102 Å². The van der Waals surface area contributed by atoms with E-state index >= 15 is 0 Å². The molecule has 0 aromatic heterocycles. The third kappa shape index (κ3) is 4.76. The van der Waals surface area contributed by atoms with Gasteiger partial charge in [-0.05, 0) is 49.6 Å². The maximum absolute atomic E-state index is 13.4. The Morgan fingerprint density at radius 2 is 1.71 bits per heavy atom. The van der Waals surface area contributed by atoms with Gasteiger partial charge in [0.15, 0.2) is 0 Å². The van der Waals surface area contributed by atoms with E-state index in [1.165, 1.54) is 4.90 Å². The first-order valence-electron chi connectivity index (χ1n) is 11.3. The van der Waals surface area contributed by atoms with Gasteiger partial charge in [0.05, 0.1) is 12.3 Å². The lowest BCUT2D eigenvalue weighted by Gasteiger charge is -2.28. The van der Waals surface area contributed by atoms with Crippen molar-refractivity contribution < 1.29 is 19.1 Å². The van der Waals surface area contributed by atoms with Gasteiger partial charge >= 0.3 is 5.97 Å². The number of unbranched alkanes of at least 4 members (excludes halogenated alkanes) is 2. The second kappa shape index (κ2) is 10.6. The minimum absolute atomic E-state index is 0.330. The van der Waals surface area contributed by atoms with E-state index in [0.29, 0.717) is 28.8 Å². The van der Waals surface area contributed by atoms with Gasteiger partial charge in [-0.25, -0.2) is 9.69 Å². The van der Waals surface area contributed by atoms with Gasteiger partial charge < -0.3 is 10.1 Å². The number of benzene rings is 2. The molecule has 1 N–H and O–H groups in total. The molecule has 34 heavy (non-hydrogen) atoms. The number of hydrogen-bond acceptors (Lipinski definition) is 5. The second-order valence-electron chi connectivity index (χ2n) is 7.91. The van der Waals surface area contributed by atoms with Gasteiger partial charge in [-0.1, -0.05) is 49.1 Å².